The summed E-state index contributed by atoms with van der Waals surface area (Å²) in [7, 11) is -1.37. The molecule has 1 aromatic carbocycles. The Morgan fingerprint density at radius 1 is 0.696 bits per heavy atom. The van der Waals surface area contributed by atoms with Gasteiger partial charge in [-0.3, -0.25) is 0 Å². The van der Waals surface area contributed by atoms with Crippen LogP contribution in [-0.4, -0.2) is 49.1 Å². The largest absolute Gasteiger partial charge is 4.00 e. The van der Waals surface area contributed by atoms with E-state index in [-0.39, 0.29) is 26.2 Å². The van der Waals surface area contributed by atoms with Crippen molar-refractivity contribution in [3.05, 3.63) is 40.2 Å². The molecule has 1 rings (SSSR count). The number of halogens is 1. The van der Waals surface area contributed by atoms with Gasteiger partial charge in [0.25, 0.3) is 0 Å². The predicted octanol–water partition coefficient (Wildman–Crippen LogP) is 4.28. The van der Waals surface area contributed by atoms with Crippen molar-refractivity contribution in [2.75, 3.05) is 39.3 Å². The predicted molar refractivity (Wildman–Crippen MR) is 105 cm³/mol. The van der Waals surface area contributed by atoms with Crippen LogP contribution in [0, 0.1) is 0 Å². The van der Waals surface area contributed by atoms with Crippen molar-refractivity contribution in [3.8, 4) is 0 Å². The molecule has 0 atom stereocenters. The van der Waals surface area contributed by atoms with Crippen molar-refractivity contribution in [1.29, 1.82) is 0 Å². The zero-order valence-electron chi connectivity index (χ0n) is 16.0. The van der Waals surface area contributed by atoms with Crippen molar-refractivity contribution in [3.63, 3.8) is 0 Å². The molecule has 0 spiro atoms. The van der Waals surface area contributed by atoms with Crippen LogP contribution >= 0.6 is 0 Å². The van der Waals surface area contributed by atoms with Gasteiger partial charge >= 0.3 is 26.2 Å². The first-order valence-electron chi connectivity index (χ1n) is 8.34. The fraction of sp³-hybridized carbons (Fsp3) is 0.706. The van der Waals surface area contributed by atoms with Gasteiger partial charge in [-0.05, 0) is 0 Å². The molecule has 23 heavy (non-hydrogen) atoms. The van der Waals surface area contributed by atoms with Crippen LogP contribution in [0.1, 0.15) is 41.5 Å². The van der Waals surface area contributed by atoms with E-state index in [1.165, 1.54) is 0 Å². The summed E-state index contributed by atoms with van der Waals surface area (Å²) < 4.78 is 11.7. The fourth-order valence-electron chi connectivity index (χ4n) is 1.17. The van der Waals surface area contributed by atoms with Crippen molar-refractivity contribution in [1.82, 2.24) is 0 Å². The van der Waals surface area contributed by atoms with E-state index in [9.17, 15) is 4.11 Å². The molecule has 0 radical (unpaired) electrons. The van der Waals surface area contributed by atoms with Crippen molar-refractivity contribution in [2.24, 2.45) is 0 Å². The minimum atomic E-state index is -1.37. The third-order valence-electron chi connectivity index (χ3n) is 2.23. The molecule has 0 aliphatic rings. The molecule has 0 amide bonds. The van der Waals surface area contributed by atoms with E-state index in [0.717, 1.165) is 44.5 Å². The monoisotopic (exact) mass is 419 g/mol. The molecule has 0 unspecified atom stereocenters. The van der Waals surface area contributed by atoms with Crippen LogP contribution in [-0.2, 0) is 26.2 Å². The van der Waals surface area contributed by atoms with Gasteiger partial charge in [0.05, 0.1) is 0 Å². The first-order chi connectivity index (χ1) is 10.7. The van der Waals surface area contributed by atoms with E-state index in [1.807, 2.05) is 65.8 Å². The quantitative estimate of drug-likeness (QED) is 0.359. The van der Waals surface area contributed by atoms with Gasteiger partial charge in [0.1, 0.15) is 0 Å². The second-order valence-electron chi connectivity index (χ2n) is 3.99. The zero-order chi connectivity index (χ0) is 17.5. The van der Waals surface area contributed by atoms with Crippen molar-refractivity contribution < 1.29 is 30.3 Å². The summed E-state index contributed by atoms with van der Waals surface area (Å²) in [5, 5.41) is 12.8. The second-order valence-corrected chi connectivity index (χ2v) is 5.08. The molecule has 0 saturated heterocycles. The minimum absolute atomic E-state index is 0. The van der Waals surface area contributed by atoms with E-state index >= 15 is 0 Å². The third-order valence-corrected chi connectivity index (χ3v) is 3.01. The summed E-state index contributed by atoms with van der Waals surface area (Å²) in [5.74, 6) is 0. The maximum Gasteiger partial charge on any atom is 4.00 e. The Labute approximate surface area is 166 Å². The Morgan fingerprint density at radius 3 is 1.04 bits per heavy atom. The van der Waals surface area contributed by atoms with Crippen LogP contribution in [0.15, 0.2) is 24.3 Å². The summed E-state index contributed by atoms with van der Waals surface area (Å²) >= 11 is 0. The Balaban J connectivity index is -0.000000105. The normalized spacial score (nSPS) is 8.83. The summed E-state index contributed by atoms with van der Waals surface area (Å²) in [6.45, 7) is 18.1. The van der Waals surface area contributed by atoms with E-state index in [4.69, 9.17) is 0 Å². The Hall–Kier alpha value is 0.260. The van der Waals surface area contributed by atoms with Crippen LogP contribution in [0.4, 0.5) is 4.11 Å². The van der Waals surface area contributed by atoms with Crippen LogP contribution in [0.25, 0.3) is 16.0 Å². The van der Waals surface area contributed by atoms with Gasteiger partial charge < -0.3 is 20.1 Å². The first kappa shape index (κ1) is 31.1. The summed E-state index contributed by atoms with van der Waals surface area (Å²) in [5.41, 5.74) is 0. The topological polar surface area (TPSA) is 42.3 Å². The van der Waals surface area contributed by atoms with Gasteiger partial charge in [0.15, 0.2) is 9.85 Å². The molecule has 0 fully saturated rings. The average Bonchev–Trinajstić information content (AvgIpc) is 3.05. The van der Waals surface area contributed by atoms with Crippen molar-refractivity contribution in [2.45, 2.75) is 41.5 Å². The molecule has 0 aromatic heterocycles. The van der Waals surface area contributed by atoms with E-state index in [1.54, 1.807) is 0 Å². The first-order valence-corrected chi connectivity index (χ1v) is 9.58. The molecule has 0 aliphatic heterocycles. The van der Waals surface area contributed by atoms with Crippen molar-refractivity contribution >= 4 is 15.0 Å². The molecule has 0 saturated carbocycles. The maximum atomic E-state index is 11.7. The van der Waals surface area contributed by atoms with E-state index in [2.05, 4.69) is 16.0 Å². The Morgan fingerprint density at radius 2 is 0.957 bits per heavy atom. The Bertz CT molecular complexity index is 230. The van der Waals surface area contributed by atoms with E-state index in [0.29, 0.717) is 0 Å². The number of hydrogen-bond donors (Lipinski definition) is 0. The molecular formula is C17H36FN3SiZr. The number of nitrogens with zero attached hydrogens (tertiary/aromatic N) is 3. The van der Waals surface area contributed by atoms with Gasteiger partial charge in [0.2, 0.25) is 0 Å². The maximum absolute atomic E-state index is 11.7. The van der Waals surface area contributed by atoms with Crippen LogP contribution in [0.5, 0.6) is 0 Å². The van der Waals surface area contributed by atoms with Crippen LogP contribution in [0.2, 0.25) is 0 Å². The van der Waals surface area contributed by atoms with Gasteiger partial charge in [0, 0.05) is 0 Å². The molecule has 134 valence electrons. The molecule has 0 aliphatic carbocycles. The Kier molecular flexibility index (Phi) is 45.6. The SMILES string of the molecule is CC[N-]CC.CC[N-]CC.CC[N-]CC.F[SiH2][c-]1cccc1.[Zr+4]. The number of rotatable bonds is 7. The van der Waals surface area contributed by atoms with Gasteiger partial charge in [-0.15, -0.1) is 5.19 Å². The minimum Gasteiger partial charge on any atom is -0.663 e. The van der Waals surface area contributed by atoms with Gasteiger partial charge in [-0.25, -0.2) is 12.1 Å². The van der Waals surface area contributed by atoms with Crippen LogP contribution in [0.3, 0.4) is 0 Å². The molecular weight excluding hydrogens is 385 g/mol. The summed E-state index contributed by atoms with van der Waals surface area (Å²) in [6, 6.07) is 7.38. The summed E-state index contributed by atoms with van der Waals surface area (Å²) in [6.07, 6.45) is 0. The average molecular weight is 421 g/mol. The molecule has 0 N–H and O–H groups in total. The fourth-order valence-corrected chi connectivity index (χ4v) is 1.62. The summed E-state index contributed by atoms with van der Waals surface area (Å²) in [4.78, 5) is 0. The molecule has 0 heterocycles. The molecule has 3 nitrogen and oxygen atoms in total. The van der Waals surface area contributed by atoms with Gasteiger partial charge in [-0.2, -0.15) is 51.4 Å². The zero-order valence-corrected chi connectivity index (χ0v) is 19.9. The van der Waals surface area contributed by atoms with E-state index < -0.39 is 9.85 Å². The smallest absolute Gasteiger partial charge is 0.663 e. The second kappa shape index (κ2) is 33.8. The standard InChI is InChI=1S/C5H6FSi.3C4H10N.Zr/c6-7-5-3-1-2-4-5;3*1-3-5-4-2;/h1-4H,7H2;3*3-4H2,1-2H3;/q4*-1;+4. The number of hydrogen-bond acceptors (Lipinski definition) is 0. The molecule has 6 heteroatoms. The van der Waals surface area contributed by atoms with Crippen LogP contribution < -0.4 is 5.19 Å². The third kappa shape index (κ3) is 39.2. The molecule has 0 bridgehead atoms. The molecule has 1 aromatic rings. The van der Waals surface area contributed by atoms with Gasteiger partial charge in [-0.1, -0.05) is 41.5 Å².